The predicted octanol–water partition coefficient (Wildman–Crippen LogP) is 4.90. The van der Waals surface area contributed by atoms with E-state index in [4.69, 9.17) is 0 Å². The summed E-state index contributed by atoms with van der Waals surface area (Å²) in [5, 5.41) is 5.88. The van der Waals surface area contributed by atoms with E-state index < -0.39 is 46.2 Å². The second kappa shape index (κ2) is 8.84. The number of amides is 1. The molecule has 12 heteroatoms. The van der Waals surface area contributed by atoms with Gasteiger partial charge in [-0.2, -0.15) is 31.4 Å². The van der Waals surface area contributed by atoms with E-state index in [0.717, 1.165) is 41.1 Å². The second-order valence-corrected chi connectivity index (χ2v) is 7.53. The molecule has 1 heterocycles. The van der Waals surface area contributed by atoms with Gasteiger partial charge in [0.15, 0.2) is 5.69 Å². The molecule has 0 spiro atoms. The lowest BCUT2D eigenvalue weighted by molar-refractivity contribution is -0.138. The third kappa shape index (κ3) is 5.21. The average molecular weight is 484 g/mol. The van der Waals surface area contributed by atoms with E-state index in [0.29, 0.717) is 0 Å². The zero-order valence-electron chi connectivity index (χ0n) is 18.0. The predicted molar refractivity (Wildman–Crippen MR) is 113 cm³/mol. The highest BCUT2D eigenvalue weighted by molar-refractivity contribution is 6.03. The van der Waals surface area contributed by atoms with Crippen molar-refractivity contribution < 1.29 is 31.1 Å². The first-order valence-corrected chi connectivity index (χ1v) is 9.67. The Morgan fingerprint density at radius 3 is 2.24 bits per heavy atom. The van der Waals surface area contributed by atoms with Gasteiger partial charge in [-0.25, -0.2) is 4.68 Å². The van der Waals surface area contributed by atoms with Crippen LogP contribution >= 0.6 is 0 Å². The molecule has 0 aliphatic heterocycles. The van der Waals surface area contributed by atoms with E-state index in [2.05, 4.69) is 5.10 Å². The van der Waals surface area contributed by atoms with Crippen LogP contribution in [0.1, 0.15) is 27.3 Å². The monoisotopic (exact) mass is 484 g/mol. The fraction of sp³-hybridized carbons (Fsp3) is 0.227. The summed E-state index contributed by atoms with van der Waals surface area (Å²) in [5.41, 5.74) is -4.16. The van der Waals surface area contributed by atoms with Gasteiger partial charge in [0.25, 0.3) is 5.91 Å². The number of aryl methyl sites for hydroxylation is 1. The van der Waals surface area contributed by atoms with Crippen molar-refractivity contribution in [1.29, 1.82) is 0 Å². The van der Waals surface area contributed by atoms with Gasteiger partial charge in [-0.05, 0) is 43.3 Å². The maximum absolute atomic E-state index is 13.6. The van der Waals surface area contributed by atoms with Gasteiger partial charge < -0.3 is 10.2 Å². The number of carbonyl (C=O) groups is 1. The summed E-state index contributed by atoms with van der Waals surface area (Å²) in [6, 6.07) is 8.19. The number of alkyl halides is 6. The molecule has 0 aliphatic rings. The molecule has 0 bridgehead atoms. The summed E-state index contributed by atoms with van der Waals surface area (Å²) in [6.45, 7) is 1.39. The molecule has 0 saturated carbocycles. The number of halogens is 6. The number of hydrogen-bond acceptors (Lipinski definition) is 4. The largest absolute Gasteiger partial charge is 0.418 e. The molecular formula is C22H18F6N4O2. The minimum atomic E-state index is -4.81. The molecule has 1 N–H and O–H groups in total. The van der Waals surface area contributed by atoms with Crippen LogP contribution in [0.25, 0.3) is 5.69 Å². The Morgan fingerprint density at radius 2 is 1.65 bits per heavy atom. The van der Waals surface area contributed by atoms with E-state index in [-0.39, 0.29) is 17.1 Å². The van der Waals surface area contributed by atoms with Crippen molar-refractivity contribution in [2.45, 2.75) is 19.3 Å². The topological polar surface area (TPSA) is 67.2 Å². The summed E-state index contributed by atoms with van der Waals surface area (Å²) in [6.07, 6.45) is -9.45. The second-order valence-electron chi connectivity index (χ2n) is 7.53. The molecule has 2 aromatic carbocycles. The van der Waals surface area contributed by atoms with Crippen molar-refractivity contribution in [1.82, 2.24) is 9.78 Å². The Kier molecular flexibility index (Phi) is 6.45. The highest BCUT2D eigenvalue weighted by Gasteiger charge is 2.35. The van der Waals surface area contributed by atoms with Crippen LogP contribution in [0, 0.1) is 6.92 Å². The molecular weight excluding hydrogens is 466 g/mol. The number of aromatic nitrogens is 2. The van der Waals surface area contributed by atoms with Crippen LogP contribution in [0.3, 0.4) is 0 Å². The smallest absolute Gasteiger partial charge is 0.378 e. The Hall–Kier alpha value is -3.83. The van der Waals surface area contributed by atoms with E-state index in [1.54, 1.807) is 14.1 Å². The zero-order chi connectivity index (χ0) is 25.4. The molecule has 180 valence electrons. The number of anilines is 2. The molecule has 0 radical (unpaired) electrons. The lowest BCUT2D eigenvalue weighted by Crippen LogP contribution is -2.28. The van der Waals surface area contributed by atoms with Gasteiger partial charge in [0, 0.05) is 31.5 Å². The molecule has 0 atom stereocenters. The Labute approximate surface area is 189 Å². The first-order valence-electron chi connectivity index (χ1n) is 9.67. The zero-order valence-corrected chi connectivity index (χ0v) is 18.0. The van der Waals surface area contributed by atoms with Gasteiger partial charge >= 0.3 is 12.4 Å². The highest BCUT2D eigenvalue weighted by atomic mass is 19.4. The Balaban J connectivity index is 2.04. The van der Waals surface area contributed by atoms with Crippen molar-refractivity contribution >= 4 is 17.3 Å². The molecule has 34 heavy (non-hydrogen) atoms. The number of hydrogen-bond donors (Lipinski definition) is 1. The lowest BCUT2D eigenvalue weighted by Gasteiger charge is -2.19. The van der Waals surface area contributed by atoms with Gasteiger partial charge in [0.05, 0.1) is 22.5 Å². The van der Waals surface area contributed by atoms with Crippen LogP contribution in [0.15, 0.2) is 53.3 Å². The molecule has 0 unspecified atom stereocenters. The fourth-order valence-corrected chi connectivity index (χ4v) is 3.12. The van der Waals surface area contributed by atoms with Crippen LogP contribution in [0.2, 0.25) is 0 Å². The van der Waals surface area contributed by atoms with Crippen molar-refractivity contribution in [3.8, 4) is 5.69 Å². The fourth-order valence-electron chi connectivity index (χ4n) is 3.12. The van der Waals surface area contributed by atoms with Crippen LogP contribution in [-0.4, -0.2) is 29.8 Å². The molecule has 1 aromatic heterocycles. The van der Waals surface area contributed by atoms with Gasteiger partial charge in [-0.3, -0.25) is 9.59 Å². The number of nitrogens with zero attached hydrogens (tertiary/aromatic N) is 3. The average Bonchev–Trinajstić information content (AvgIpc) is 2.72. The third-order valence-electron chi connectivity index (χ3n) is 4.81. The molecule has 1 amide bonds. The summed E-state index contributed by atoms with van der Waals surface area (Å²) in [5.74, 6) is -1.24. The van der Waals surface area contributed by atoms with E-state index in [9.17, 15) is 35.9 Å². The minimum Gasteiger partial charge on any atom is -0.378 e. The Morgan fingerprint density at radius 1 is 0.971 bits per heavy atom. The van der Waals surface area contributed by atoms with E-state index in [1.807, 2.05) is 5.32 Å². The number of nitrogens with one attached hydrogen (secondary N) is 1. The van der Waals surface area contributed by atoms with Gasteiger partial charge in [0.2, 0.25) is 5.43 Å². The van der Waals surface area contributed by atoms with Crippen molar-refractivity contribution in [3.05, 3.63) is 81.3 Å². The van der Waals surface area contributed by atoms with Crippen molar-refractivity contribution in [3.63, 3.8) is 0 Å². The molecule has 3 rings (SSSR count). The number of rotatable bonds is 4. The van der Waals surface area contributed by atoms with Crippen LogP contribution in [0.4, 0.5) is 37.7 Å². The Bertz CT molecular complexity index is 1300. The highest BCUT2D eigenvalue weighted by Crippen LogP contribution is 2.37. The maximum Gasteiger partial charge on any atom is 0.418 e. The normalized spacial score (nSPS) is 11.9. The SMILES string of the molecule is Cc1cc(=O)c(C(=O)Nc2ccc(N(C)C)cc2C(F)(F)F)nn1-c1cccc(C(F)(F)F)c1. The molecule has 6 nitrogen and oxygen atoms in total. The molecule has 0 aliphatic carbocycles. The summed E-state index contributed by atoms with van der Waals surface area (Å²) in [7, 11) is 3.08. The third-order valence-corrected chi connectivity index (χ3v) is 4.81. The summed E-state index contributed by atoms with van der Waals surface area (Å²) in [4.78, 5) is 26.5. The first kappa shape index (κ1) is 24.8. The van der Waals surface area contributed by atoms with Gasteiger partial charge in [-0.1, -0.05) is 6.07 Å². The van der Waals surface area contributed by atoms with Gasteiger partial charge in [0.1, 0.15) is 0 Å². The molecule has 3 aromatic rings. The first-order chi connectivity index (χ1) is 15.7. The number of carbonyl (C=O) groups excluding carboxylic acids is 1. The quantitative estimate of drug-likeness (QED) is 0.536. The summed E-state index contributed by atoms with van der Waals surface area (Å²) >= 11 is 0. The van der Waals surface area contributed by atoms with E-state index in [1.165, 1.54) is 24.0 Å². The van der Waals surface area contributed by atoms with Crippen molar-refractivity contribution in [2.24, 2.45) is 0 Å². The van der Waals surface area contributed by atoms with Crippen LogP contribution in [0.5, 0.6) is 0 Å². The van der Waals surface area contributed by atoms with E-state index >= 15 is 0 Å². The standard InChI is InChI=1S/C22H18F6N4O2/c1-12-9-18(33)19(30-32(12)15-6-4-5-13(10-15)21(23,24)25)20(34)29-17-8-7-14(31(2)3)11-16(17)22(26,27)28/h4-11H,1-3H3,(H,29,34). The number of benzene rings is 2. The minimum absolute atomic E-state index is 0.0901. The van der Waals surface area contributed by atoms with Crippen molar-refractivity contribution in [2.75, 3.05) is 24.3 Å². The molecule has 0 fully saturated rings. The van der Waals surface area contributed by atoms with Gasteiger partial charge in [-0.15, -0.1) is 0 Å². The summed E-state index contributed by atoms with van der Waals surface area (Å²) < 4.78 is 80.8. The van der Waals surface area contributed by atoms with Crippen LogP contribution in [-0.2, 0) is 12.4 Å². The maximum atomic E-state index is 13.6. The molecule has 0 saturated heterocycles. The van der Waals surface area contributed by atoms with Crippen LogP contribution < -0.4 is 15.6 Å². The lowest BCUT2D eigenvalue weighted by atomic mass is 10.1.